The third-order valence-corrected chi connectivity index (χ3v) is 4.72. The quantitative estimate of drug-likeness (QED) is 0.497. The number of aromatic nitrogens is 2. The Balaban J connectivity index is 2.01. The van der Waals surface area contributed by atoms with Crippen molar-refractivity contribution in [1.82, 2.24) is 14.8 Å². The Kier molecular flexibility index (Phi) is 6.02. The molecular formula is C21H22ClN3O3. The van der Waals surface area contributed by atoms with E-state index in [0.29, 0.717) is 16.5 Å². The maximum absolute atomic E-state index is 12.0. The summed E-state index contributed by atoms with van der Waals surface area (Å²) >= 11 is 6.03. The fourth-order valence-corrected chi connectivity index (χ4v) is 3.12. The highest BCUT2D eigenvalue weighted by Crippen LogP contribution is 2.27. The number of carbonyl (C=O) groups is 1. The van der Waals surface area contributed by atoms with Crippen LogP contribution in [0.1, 0.15) is 12.6 Å². The highest BCUT2D eigenvalue weighted by atomic mass is 35.5. The summed E-state index contributed by atoms with van der Waals surface area (Å²) in [4.78, 5) is 12.0. The van der Waals surface area contributed by atoms with E-state index in [4.69, 9.17) is 21.4 Å². The predicted octanol–water partition coefficient (Wildman–Crippen LogP) is 4.23. The molecular weight excluding hydrogens is 378 g/mol. The lowest BCUT2D eigenvalue weighted by atomic mass is 10.0. The van der Waals surface area contributed by atoms with Gasteiger partial charge in [0.1, 0.15) is 5.75 Å². The van der Waals surface area contributed by atoms with Crippen LogP contribution in [0.3, 0.4) is 0 Å². The highest BCUT2D eigenvalue weighted by molar-refractivity contribution is 6.30. The summed E-state index contributed by atoms with van der Waals surface area (Å²) in [5.74, 6) is 0.00806. The second kappa shape index (κ2) is 8.46. The average molecular weight is 400 g/mol. The minimum absolute atomic E-state index is 0.355. The van der Waals surface area contributed by atoms with Gasteiger partial charge < -0.3 is 4.74 Å². The molecule has 1 heterocycles. The van der Waals surface area contributed by atoms with Crippen LogP contribution in [-0.2, 0) is 11.2 Å². The van der Waals surface area contributed by atoms with Crippen LogP contribution in [0.25, 0.3) is 16.9 Å². The molecule has 7 heteroatoms. The Morgan fingerprint density at radius 2 is 1.86 bits per heavy atom. The number of ether oxygens (including phenoxy) is 1. The van der Waals surface area contributed by atoms with Crippen LogP contribution >= 0.6 is 11.6 Å². The molecule has 0 bridgehead atoms. The van der Waals surface area contributed by atoms with Gasteiger partial charge in [0.15, 0.2) is 0 Å². The summed E-state index contributed by atoms with van der Waals surface area (Å²) in [7, 11) is 2.95. The average Bonchev–Trinajstić information content (AvgIpc) is 3.11. The molecule has 0 aliphatic carbocycles. The number of nitrogens with zero attached hydrogens (tertiary/aromatic N) is 3. The zero-order valence-electron chi connectivity index (χ0n) is 16.0. The van der Waals surface area contributed by atoms with Crippen LogP contribution in [0.15, 0.2) is 54.6 Å². The van der Waals surface area contributed by atoms with Gasteiger partial charge >= 0.3 is 0 Å². The Morgan fingerprint density at radius 1 is 1.21 bits per heavy atom. The van der Waals surface area contributed by atoms with E-state index in [9.17, 15) is 10.0 Å². The van der Waals surface area contributed by atoms with E-state index in [1.54, 1.807) is 14.0 Å². The number of carbonyl (C=O) groups excluding carboxylic acids is 1. The molecule has 0 spiro atoms. The Bertz CT molecular complexity index is 950. The number of benzene rings is 2. The second-order valence-electron chi connectivity index (χ2n) is 6.60. The van der Waals surface area contributed by atoms with Gasteiger partial charge in [-0.1, -0.05) is 30.7 Å². The lowest BCUT2D eigenvalue weighted by molar-refractivity contribution is -0.163. The molecule has 3 aromatic rings. The zero-order chi connectivity index (χ0) is 20.3. The monoisotopic (exact) mass is 399 g/mol. The number of hydroxylamine groups is 2. The Labute approximate surface area is 168 Å². The molecule has 0 saturated heterocycles. The lowest BCUT2D eigenvalue weighted by Crippen LogP contribution is -2.29. The molecule has 1 amide bonds. The van der Waals surface area contributed by atoms with Crippen LogP contribution in [-0.4, -0.2) is 40.1 Å². The third kappa shape index (κ3) is 4.35. The number of amides is 1. The number of halogens is 1. The van der Waals surface area contributed by atoms with Crippen LogP contribution < -0.4 is 4.74 Å². The first kappa shape index (κ1) is 19.9. The van der Waals surface area contributed by atoms with E-state index in [-0.39, 0.29) is 5.91 Å². The van der Waals surface area contributed by atoms with Gasteiger partial charge in [0.25, 0.3) is 0 Å². The summed E-state index contributed by atoms with van der Waals surface area (Å²) in [6.07, 6.45) is 0.410. The number of rotatable bonds is 6. The molecule has 6 nitrogen and oxygen atoms in total. The van der Waals surface area contributed by atoms with Gasteiger partial charge in [-0.25, -0.2) is 9.75 Å². The molecule has 1 atom stereocenters. The first-order valence-corrected chi connectivity index (χ1v) is 9.22. The van der Waals surface area contributed by atoms with Crippen molar-refractivity contribution in [3.63, 3.8) is 0 Å². The standard InChI is InChI=1S/C21H22ClN3O3/c1-14(21(26)24(2)27)12-17-13-20(15-4-6-16(22)7-5-15)25(23-17)18-8-10-19(28-3)11-9-18/h4-11,13-14,27H,12H2,1-3H3. The minimum Gasteiger partial charge on any atom is -0.497 e. The highest BCUT2D eigenvalue weighted by Gasteiger charge is 2.20. The van der Waals surface area contributed by atoms with Crippen LogP contribution in [0, 0.1) is 5.92 Å². The molecule has 1 N–H and O–H groups in total. The van der Waals surface area contributed by atoms with Crippen LogP contribution in [0.2, 0.25) is 5.02 Å². The van der Waals surface area contributed by atoms with E-state index in [1.165, 1.54) is 7.05 Å². The van der Waals surface area contributed by atoms with Crippen molar-refractivity contribution in [2.75, 3.05) is 14.2 Å². The minimum atomic E-state index is -0.396. The van der Waals surface area contributed by atoms with Crippen LogP contribution in [0.4, 0.5) is 0 Å². The third-order valence-electron chi connectivity index (χ3n) is 4.47. The van der Waals surface area contributed by atoms with Gasteiger partial charge in [0.05, 0.1) is 24.2 Å². The molecule has 0 aliphatic heterocycles. The van der Waals surface area contributed by atoms with E-state index in [1.807, 2.05) is 59.3 Å². The fourth-order valence-electron chi connectivity index (χ4n) is 3.00. The molecule has 3 rings (SSSR count). The molecule has 0 aliphatic rings. The molecule has 28 heavy (non-hydrogen) atoms. The van der Waals surface area contributed by atoms with E-state index in [2.05, 4.69) is 0 Å². The summed E-state index contributed by atoms with van der Waals surface area (Å²) < 4.78 is 7.06. The summed E-state index contributed by atoms with van der Waals surface area (Å²) in [6.45, 7) is 1.77. The summed E-state index contributed by atoms with van der Waals surface area (Å²) in [5.41, 5.74) is 3.46. The van der Waals surface area contributed by atoms with Gasteiger partial charge in [-0.05, 0) is 42.5 Å². The van der Waals surface area contributed by atoms with Crippen LogP contribution in [0.5, 0.6) is 5.75 Å². The maximum Gasteiger partial charge on any atom is 0.248 e. The van der Waals surface area contributed by atoms with Gasteiger partial charge in [0.2, 0.25) is 5.91 Å². The predicted molar refractivity (Wildman–Crippen MR) is 108 cm³/mol. The van der Waals surface area contributed by atoms with Crippen molar-refractivity contribution >= 4 is 17.5 Å². The smallest absolute Gasteiger partial charge is 0.248 e. The van der Waals surface area contributed by atoms with Gasteiger partial charge in [-0.15, -0.1) is 0 Å². The van der Waals surface area contributed by atoms with E-state index in [0.717, 1.165) is 28.4 Å². The Hall–Kier alpha value is -2.83. The summed E-state index contributed by atoms with van der Waals surface area (Å²) in [6, 6.07) is 17.1. The first-order valence-electron chi connectivity index (χ1n) is 8.85. The molecule has 0 saturated carbocycles. The number of hydrogen-bond acceptors (Lipinski definition) is 4. The van der Waals surface area contributed by atoms with Crippen molar-refractivity contribution in [2.24, 2.45) is 5.92 Å². The van der Waals surface area contributed by atoms with Gasteiger partial charge in [-0.2, -0.15) is 5.10 Å². The number of hydrogen-bond donors (Lipinski definition) is 1. The first-order chi connectivity index (χ1) is 13.4. The molecule has 1 unspecified atom stereocenters. The largest absolute Gasteiger partial charge is 0.497 e. The van der Waals surface area contributed by atoms with Crippen molar-refractivity contribution in [1.29, 1.82) is 0 Å². The van der Waals surface area contributed by atoms with Crippen molar-refractivity contribution in [3.05, 3.63) is 65.3 Å². The zero-order valence-corrected chi connectivity index (χ0v) is 16.7. The maximum atomic E-state index is 12.0. The fraction of sp³-hybridized carbons (Fsp3) is 0.238. The molecule has 0 radical (unpaired) electrons. The van der Waals surface area contributed by atoms with Crippen molar-refractivity contribution in [2.45, 2.75) is 13.3 Å². The van der Waals surface area contributed by atoms with Crippen molar-refractivity contribution in [3.8, 4) is 22.7 Å². The Morgan fingerprint density at radius 3 is 2.43 bits per heavy atom. The molecule has 2 aromatic carbocycles. The molecule has 146 valence electrons. The van der Waals surface area contributed by atoms with E-state index >= 15 is 0 Å². The molecule has 1 aromatic heterocycles. The topological polar surface area (TPSA) is 67.6 Å². The number of methoxy groups -OCH3 is 1. The van der Waals surface area contributed by atoms with Crippen molar-refractivity contribution < 1.29 is 14.7 Å². The second-order valence-corrected chi connectivity index (χ2v) is 7.04. The van der Waals surface area contributed by atoms with Gasteiger partial charge in [-0.3, -0.25) is 10.0 Å². The normalized spacial score (nSPS) is 11.9. The lowest BCUT2D eigenvalue weighted by Gasteiger charge is -2.13. The SMILES string of the molecule is COc1ccc(-n2nc(CC(C)C(=O)N(C)O)cc2-c2ccc(Cl)cc2)cc1. The summed E-state index contributed by atoms with van der Waals surface area (Å²) in [5, 5.41) is 15.4. The van der Waals surface area contributed by atoms with E-state index < -0.39 is 5.92 Å². The molecule has 0 fully saturated rings. The van der Waals surface area contributed by atoms with Gasteiger partial charge in [0, 0.05) is 30.0 Å².